The summed E-state index contributed by atoms with van der Waals surface area (Å²) >= 11 is 0. The summed E-state index contributed by atoms with van der Waals surface area (Å²) in [5.41, 5.74) is 0.615. The highest BCUT2D eigenvalue weighted by molar-refractivity contribution is 5.18. The molecule has 0 aromatic heterocycles. The Labute approximate surface area is 73.2 Å². The lowest BCUT2D eigenvalue weighted by Crippen LogP contribution is -2.34. The van der Waals surface area contributed by atoms with Gasteiger partial charge in [0.25, 0.3) is 0 Å². The summed E-state index contributed by atoms with van der Waals surface area (Å²) in [6.45, 7) is 5.64. The fraction of sp³-hybridized carbons (Fsp3) is 0.800. The van der Waals surface area contributed by atoms with Crippen LogP contribution in [0.3, 0.4) is 0 Å². The molecule has 1 saturated heterocycles. The maximum Gasteiger partial charge on any atom is 0.124 e. The molecule has 0 amide bonds. The number of fused-ring (bicyclic) bond motifs is 1. The highest BCUT2D eigenvalue weighted by Gasteiger charge is 2.61. The maximum atomic E-state index is 9.83. The Morgan fingerprint density at radius 2 is 2.42 bits per heavy atom. The molecule has 2 rings (SSSR count). The van der Waals surface area contributed by atoms with Gasteiger partial charge in [-0.25, -0.2) is 0 Å². The van der Waals surface area contributed by atoms with Crippen molar-refractivity contribution in [3.63, 3.8) is 0 Å². The van der Waals surface area contributed by atoms with E-state index in [0.717, 1.165) is 18.4 Å². The van der Waals surface area contributed by atoms with Crippen LogP contribution in [0.25, 0.3) is 0 Å². The number of hydrogen-bond donors (Lipinski definition) is 1. The molecule has 1 aliphatic carbocycles. The Morgan fingerprint density at radius 1 is 1.67 bits per heavy atom. The molecule has 3 atom stereocenters. The van der Waals surface area contributed by atoms with Gasteiger partial charge in [0, 0.05) is 0 Å². The van der Waals surface area contributed by atoms with Crippen molar-refractivity contribution in [3.8, 4) is 0 Å². The minimum absolute atomic E-state index is 0.218. The first-order valence-electron chi connectivity index (χ1n) is 4.68. The van der Waals surface area contributed by atoms with Gasteiger partial charge in [-0.15, -0.1) is 0 Å². The zero-order valence-corrected chi connectivity index (χ0v) is 7.55. The number of ether oxygens (including phenoxy) is 1. The van der Waals surface area contributed by atoms with Crippen molar-refractivity contribution >= 4 is 0 Å². The van der Waals surface area contributed by atoms with Gasteiger partial charge in [-0.1, -0.05) is 19.4 Å². The van der Waals surface area contributed by atoms with Crippen LogP contribution in [0.4, 0.5) is 0 Å². The van der Waals surface area contributed by atoms with Crippen LogP contribution in [0.5, 0.6) is 0 Å². The third kappa shape index (κ3) is 1.02. The Bertz CT molecular complexity index is 212. The van der Waals surface area contributed by atoms with Crippen molar-refractivity contribution in [3.05, 3.63) is 12.2 Å². The molecule has 2 nitrogen and oxygen atoms in total. The zero-order valence-electron chi connectivity index (χ0n) is 7.55. The quantitative estimate of drug-likeness (QED) is 0.502. The van der Waals surface area contributed by atoms with E-state index in [9.17, 15) is 5.11 Å². The van der Waals surface area contributed by atoms with Gasteiger partial charge in [-0.3, -0.25) is 0 Å². The summed E-state index contributed by atoms with van der Waals surface area (Å²) in [5, 5.41) is 9.83. The molecule has 0 spiro atoms. The van der Waals surface area contributed by atoms with Crippen LogP contribution in [0.2, 0.25) is 0 Å². The first-order chi connectivity index (χ1) is 5.67. The predicted octanol–water partition coefficient (Wildman–Crippen LogP) is 1.64. The van der Waals surface area contributed by atoms with Gasteiger partial charge in [-0.2, -0.15) is 0 Å². The van der Waals surface area contributed by atoms with E-state index in [1.807, 2.05) is 6.92 Å². The number of aliphatic hydroxyl groups is 1. The monoisotopic (exact) mass is 168 g/mol. The van der Waals surface area contributed by atoms with Gasteiger partial charge in [-0.05, 0) is 25.3 Å². The van der Waals surface area contributed by atoms with Gasteiger partial charge < -0.3 is 9.84 Å². The summed E-state index contributed by atoms with van der Waals surface area (Å²) < 4.78 is 5.58. The number of epoxide rings is 1. The average molecular weight is 168 g/mol. The molecule has 0 aromatic carbocycles. The number of hydrogen-bond acceptors (Lipinski definition) is 2. The molecule has 1 aliphatic heterocycles. The van der Waals surface area contributed by atoms with Gasteiger partial charge >= 0.3 is 0 Å². The fourth-order valence-corrected chi connectivity index (χ4v) is 2.28. The van der Waals surface area contributed by atoms with E-state index in [2.05, 4.69) is 6.58 Å². The van der Waals surface area contributed by atoms with Gasteiger partial charge in [0.15, 0.2) is 0 Å². The van der Waals surface area contributed by atoms with E-state index in [1.165, 1.54) is 12.8 Å². The van der Waals surface area contributed by atoms with E-state index in [4.69, 9.17) is 4.74 Å². The standard InChI is InChI=1S/C10H16O2/c1-7(2)9(11)10-6-4-3-5-8(10)12-10/h8-9,11H,1,3-6H2,2H3. The molecule has 2 heteroatoms. The van der Waals surface area contributed by atoms with Crippen molar-refractivity contribution in [2.45, 2.75) is 50.4 Å². The third-order valence-corrected chi connectivity index (χ3v) is 3.06. The molecule has 2 aliphatic rings. The van der Waals surface area contributed by atoms with Crippen molar-refractivity contribution < 1.29 is 9.84 Å². The molecule has 2 fully saturated rings. The van der Waals surface area contributed by atoms with Crippen LogP contribution in [-0.2, 0) is 4.74 Å². The molecule has 1 N–H and O–H groups in total. The van der Waals surface area contributed by atoms with Crippen LogP contribution < -0.4 is 0 Å². The van der Waals surface area contributed by atoms with Crippen LogP contribution in [0.1, 0.15) is 32.6 Å². The normalized spacial score (nSPS) is 41.7. The molecule has 68 valence electrons. The smallest absolute Gasteiger partial charge is 0.124 e. The topological polar surface area (TPSA) is 32.8 Å². The van der Waals surface area contributed by atoms with Crippen LogP contribution in [-0.4, -0.2) is 22.9 Å². The summed E-state index contributed by atoms with van der Waals surface area (Å²) in [5.74, 6) is 0. The Kier molecular flexibility index (Phi) is 1.77. The van der Waals surface area contributed by atoms with E-state index in [0.29, 0.717) is 6.10 Å². The van der Waals surface area contributed by atoms with Crippen molar-refractivity contribution in [1.29, 1.82) is 0 Å². The van der Waals surface area contributed by atoms with Gasteiger partial charge in [0.1, 0.15) is 11.7 Å². The lowest BCUT2D eigenvalue weighted by molar-refractivity contribution is 0.0954. The van der Waals surface area contributed by atoms with Crippen molar-refractivity contribution in [2.24, 2.45) is 0 Å². The summed E-state index contributed by atoms with van der Waals surface area (Å²) in [4.78, 5) is 0. The SMILES string of the molecule is C=C(C)C(O)C12CCCCC1O2. The van der Waals surface area contributed by atoms with Crippen LogP contribution >= 0.6 is 0 Å². The molecule has 1 heterocycles. The zero-order chi connectivity index (χ0) is 8.77. The average Bonchev–Trinajstić information content (AvgIpc) is 2.77. The lowest BCUT2D eigenvalue weighted by Gasteiger charge is -2.22. The van der Waals surface area contributed by atoms with E-state index >= 15 is 0 Å². The second-order valence-electron chi connectivity index (χ2n) is 4.06. The molecule has 0 bridgehead atoms. The van der Waals surface area contributed by atoms with Crippen LogP contribution in [0.15, 0.2) is 12.2 Å². The Morgan fingerprint density at radius 3 is 3.00 bits per heavy atom. The largest absolute Gasteiger partial charge is 0.386 e. The maximum absolute atomic E-state index is 9.83. The predicted molar refractivity (Wildman–Crippen MR) is 46.9 cm³/mol. The molecular formula is C10H16O2. The Hall–Kier alpha value is -0.340. The number of rotatable bonds is 2. The van der Waals surface area contributed by atoms with E-state index in [1.54, 1.807) is 0 Å². The van der Waals surface area contributed by atoms with Crippen LogP contribution in [0, 0.1) is 0 Å². The molecular weight excluding hydrogens is 152 g/mol. The third-order valence-electron chi connectivity index (χ3n) is 3.06. The van der Waals surface area contributed by atoms with E-state index in [-0.39, 0.29) is 5.60 Å². The summed E-state index contributed by atoms with van der Waals surface area (Å²) in [7, 11) is 0. The molecule has 12 heavy (non-hydrogen) atoms. The second kappa shape index (κ2) is 2.57. The Balaban J connectivity index is 2.08. The van der Waals surface area contributed by atoms with Crippen molar-refractivity contribution in [2.75, 3.05) is 0 Å². The number of aliphatic hydroxyl groups excluding tert-OH is 1. The highest BCUT2D eigenvalue weighted by Crippen LogP contribution is 2.51. The first kappa shape index (κ1) is 8.27. The minimum Gasteiger partial charge on any atom is -0.386 e. The first-order valence-corrected chi connectivity index (χ1v) is 4.68. The second-order valence-corrected chi connectivity index (χ2v) is 4.06. The molecule has 0 radical (unpaired) electrons. The summed E-state index contributed by atoms with van der Waals surface area (Å²) in [6.07, 6.45) is 4.42. The molecule has 3 unspecified atom stereocenters. The van der Waals surface area contributed by atoms with Gasteiger partial charge in [0.05, 0.1) is 6.10 Å². The fourth-order valence-electron chi connectivity index (χ4n) is 2.28. The van der Waals surface area contributed by atoms with Gasteiger partial charge in [0.2, 0.25) is 0 Å². The lowest BCUT2D eigenvalue weighted by atomic mass is 9.83. The van der Waals surface area contributed by atoms with Crippen molar-refractivity contribution in [1.82, 2.24) is 0 Å². The summed E-state index contributed by atoms with van der Waals surface area (Å²) in [6, 6.07) is 0. The molecule has 0 aromatic rings. The minimum atomic E-state index is -0.442. The van der Waals surface area contributed by atoms with E-state index < -0.39 is 6.10 Å². The molecule has 1 saturated carbocycles. The highest BCUT2D eigenvalue weighted by atomic mass is 16.6.